The molecule has 10 heteroatoms. The average Bonchev–Trinajstić information content (AvgIpc) is 3.02. The molecule has 0 saturated carbocycles. The summed E-state index contributed by atoms with van der Waals surface area (Å²) in [7, 11) is -4.49. The normalized spacial score (nSPS) is 13.2. The molecule has 2 aromatic carbocycles. The summed E-state index contributed by atoms with van der Waals surface area (Å²) in [5.74, 6) is -0.852. The second kappa shape index (κ2) is 24.1. The van der Waals surface area contributed by atoms with E-state index in [1.807, 2.05) is 6.07 Å². The maximum absolute atomic E-state index is 13.8. The van der Waals surface area contributed by atoms with Crippen LogP contribution in [0.25, 0.3) is 0 Å². The number of benzene rings is 2. The third-order valence-electron chi connectivity index (χ3n) is 7.51. The predicted molar refractivity (Wildman–Crippen MR) is 178 cm³/mol. The van der Waals surface area contributed by atoms with Crippen molar-refractivity contribution in [1.29, 1.82) is 5.26 Å². The maximum atomic E-state index is 13.8. The molecule has 2 aromatic rings. The van der Waals surface area contributed by atoms with E-state index < -0.39 is 19.6 Å². The summed E-state index contributed by atoms with van der Waals surface area (Å²) in [6.07, 6.45) is 20.7. The number of para-hydroxylation sites is 1. The first-order valence-electron chi connectivity index (χ1n) is 16.7. The Hall–Kier alpha value is -2.14. The fraction of sp³-hybridized carbons (Fsp3) is 0.629. The first-order valence-corrected chi connectivity index (χ1v) is 18.5. The maximum Gasteiger partial charge on any atom is 0.527 e. The molecular weight excluding hydrogens is 616 g/mol. The molecule has 7 nitrogen and oxygen atoms in total. The highest BCUT2D eigenvalue weighted by Crippen LogP contribution is 2.46. The van der Waals surface area contributed by atoms with Crippen molar-refractivity contribution >= 4 is 19.4 Å². The van der Waals surface area contributed by atoms with Crippen molar-refractivity contribution in [3.63, 3.8) is 0 Å². The summed E-state index contributed by atoms with van der Waals surface area (Å²) in [5.41, 5.74) is 0.130. The number of halogens is 2. The second-order valence-corrected chi connectivity index (χ2v) is 13.4. The van der Waals surface area contributed by atoms with Crippen LogP contribution in [-0.2, 0) is 13.8 Å². The minimum absolute atomic E-state index is 0.0133. The monoisotopic (exact) mass is 667 g/mol. The van der Waals surface area contributed by atoms with Crippen molar-refractivity contribution < 1.29 is 32.4 Å². The van der Waals surface area contributed by atoms with Gasteiger partial charge in [0.25, 0.3) is 0 Å². The summed E-state index contributed by atoms with van der Waals surface area (Å²) >= 11 is 6.03. The Morgan fingerprint density at radius 2 is 1.42 bits per heavy atom. The van der Waals surface area contributed by atoms with Gasteiger partial charge in [-0.05, 0) is 30.7 Å². The Balaban J connectivity index is 1.65. The van der Waals surface area contributed by atoms with Gasteiger partial charge in [-0.3, -0.25) is 9.42 Å². The third-order valence-corrected chi connectivity index (χ3v) is 8.72. The minimum Gasteiger partial charge on any atom is -0.493 e. The van der Waals surface area contributed by atoms with Crippen molar-refractivity contribution in [2.45, 2.75) is 110 Å². The van der Waals surface area contributed by atoms with Crippen LogP contribution in [0.15, 0.2) is 42.5 Å². The van der Waals surface area contributed by atoms with E-state index in [0.29, 0.717) is 6.61 Å². The largest absolute Gasteiger partial charge is 0.527 e. The van der Waals surface area contributed by atoms with Gasteiger partial charge in [0.2, 0.25) is 0 Å². The SMILES string of the molecule is CCCCCCCCCCCCCCCCCCOC[C@H](COc1cc(F)cc(C#N)c1)COP(=O)(O)Oc1ccccc1Cl. The van der Waals surface area contributed by atoms with Crippen LogP contribution in [0.1, 0.15) is 115 Å². The van der Waals surface area contributed by atoms with Crippen LogP contribution in [0.4, 0.5) is 4.39 Å². The molecule has 0 aliphatic carbocycles. The van der Waals surface area contributed by atoms with Crippen LogP contribution in [-0.4, -0.2) is 31.3 Å². The summed E-state index contributed by atoms with van der Waals surface area (Å²) in [4.78, 5) is 10.2. The zero-order valence-electron chi connectivity index (χ0n) is 26.9. The van der Waals surface area contributed by atoms with Gasteiger partial charge in [0.05, 0.1) is 36.5 Å². The molecule has 0 aliphatic rings. The molecule has 0 amide bonds. The fourth-order valence-corrected chi connectivity index (χ4v) is 6.03. The molecule has 2 rings (SSSR count). The Labute approximate surface area is 275 Å². The molecule has 0 spiro atoms. The molecule has 0 bridgehead atoms. The van der Waals surface area contributed by atoms with Crippen molar-refractivity contribution in [3.8, 4) is 17.6 Å². The zero-order chi connectivity index (χ0) is 32.6. The van der Waals surface area contributed by atoms with Gasteiger partial charge in [-0.2, -0.15) is 5.26 Å². The van der Waals surface area contributed by atoms with Gasteiger partial charge in [0.1, 0.15) is 17.3 Å². The average molecular weight is 668 g/mol. The Bertz CT molecular complexity index is 1160. The molecular formula is C35H52ClFNO6P. The van der Waals surface area contributed by atoms with E-state index in [1.54, 1.807) is 12.1 Å². The highest BCUT2D eigenvalue weighted by molar-refractivity contribution is 7.47. The van der Waals surface area contributed by atoms with E-state index in [4.69, 9.17) is 35.4 Å². The Morgan fingerprint density at radius 1 is 0.844 bits per heavy atom. The smallest absolute Gasteiger partial charge is 0.493 e. The highest BCUT2D eigenvalue weighted by Gasteiger charge is 2.26. The molecule has 252 valence electrons. The van der Waals surface area contributed by atoms with Gasteiger partial charge in [0, 0.05) is 18.6 Å². The van der Waals surface area contributed by atoms with Gasteiger partial charge in [-0.25, -0.2) is 8.96 Å². The lowest BCUT2D eigenvalue weighted by atomic mass is 10.0. The predicted octanol–water partition coefficient (Wildman–Crippen LogP) is 10.8. The van der Waals surface area contributed by atoms with E-state index in [9.17, 15) is 13.8 Å². The molecule has 0 saturated heterocycles. The number of phosphoric acid groups is 1. The van der Waals surface area contributed by atoms with Crippen molar-refractivity contribution in [3.05, 3.63) is 58.9 Å². The number of phosphoric ester groups is 1. The van der Waals surface area contributed by atoms with Gasteiger partial charge in [0.15, 0.2) is 0 Å². The lowest BCUT2D eigenvalue weighted by Crippen LogP contribution is -2.23. The van der Waals surface area contributed by atoms with Crippen LogP contribution in [0.2, 0.25) is 5.02 Å². The first-order chi connectivity index (χ1) is 21.8. The van der Waals surface area contributed by atoms with Crippen LogP contribution in [0.3, 0.4) is 0 Å². The minimum atomic E-state index is -4.49. The number of hydrogen-bond acceptors (Lipinski definition) is 6. The van der Waals surface area contributed by atoms with E-state index in [0.717, 1.165) is 18.9 Å². The molecule has 0 aliphatic heterocycles. The number of unbranched alkanes of at least 4 members (excludes halogenated alkanes) is 15. The van der Waals surface area contributed by atoms with Gasteiger partial charge in [-0.15, -0.1) is 0 Å². The lowest BCUT2D eigenvalue weighted by molar-refractivity contribution is 0.0474. The van der Waals surface area contributed by atoms with Crippen LogP contribution < -0.4 is 9.26 Å². The van der Waals surface area contributed by atoms with Crippen LogP contribution >= 0.6 is 19.4 Å². The number of nitriles is 1. The molecule has 45 heavy (non-hydrogen) atoms. The molecule has 0 heterocycles. The summed E-state index contributed by atoms with van der Waals surface area (Å²) < 4.78 is 48.3. The standard InChI is InChI=1S/C35H52ClFNO6P/c1-2-3-4-5-6-7-8-9-10-11-12-13-14-15-16-19-22-41-27-31(28-42-33-24-30(26-38)23-32(37)25-33)29-43-45(39,40)44-35-21-18-17-20-34(35)36/h17-18,20-21,23-25,31H,2-16,19,22,27-29H2,1H3,(H,39,40)/t31-/m1/s1. The zero-order valence-corrected chi connectivity index (χ0v) is 28.6. The fourth-order valence-electron chi connectivity index (χ4n) is 4.94. The van der Waals surface area contributed by atoms with E-state index in [-0.39, 0.29) is 41.9 Å². The Kier molecular flexibility index (Phi) is 20.9. The van der Waals surface area contributed by atoms with E-state index in [2.05, 4.69) is 6.92 Å². The molecule has 2 atom stereocenters. The first kappa shape index (κ1) is 39.0. The van der Waals surface area contributed by atoms with E-state index >= 15 is 0 Å². The number of nitrogens with zero attached hydrogens (tertiary/aromatic N) is 1. The Morgan fingerprint density at radius 3 is 2.00 bits per heavy atom. The summed E-state index contributed by atoms with van der Waals surface area (Å²) in [5, 5.41) is 9.28. The van der Waals surface area contributed by atoms with E-state index in [1.165, 1.54) is 114 Å². The quantitative estimate of drug-likeness (QED) is 0.0747. The molecule has 0 radical (unpaired) electrons. The summed E-state index contributed by atoms with van der Waals surface area (Å²) in [6, 6.07) is 11.9. The lowest BCUT2D eigenvalue weighted by Gasteiger charge is -2.20. The number of rotatable bonds is 27. The number of ether oxygens (including phenoxy) is 2. The topological polar surface area (TPSA) is 98.0 Å². The van der Waals surface area contributed by atoms with Crippen molar-refractivity contribution in [2.75, 3.05) is 26.4 Å². The van der Waals surface area contributed by atoms with Crippen LogP contribution in [0.5, 0.6) is 11.5 Å². The van der Waals surface area contributed by atoms with Gasteiger partial charge >= 0.3 is 7.82 Å². The van der Waals surface area contributed by atoms with Crippen LogP contribution in [0, 0.1) is 23.1 Å². The number of hydrogen-bond donors (Lipinski definition) is 1. The third kappa shape index (κ3) is 19.2. The summed E-state index contributed by atoms with van der Waals surface area (Å²) in [6.45, 7) is 2.81. The second-order valence-electron chi connectivity index (χ2n) is 11.6. The molecule has 1 unspecified atom stereocenters. The van der Waals surface area contributed by atoms with Crippen molar-refractivity contribution in [1.82, 2.24) is 0 Å². The van der Waals surface area contributed by atoms with Crippen molar-refractivity contribution in [2.24, 2.45) is 5.92 Å². The highest BCUT2D eigenvalue weighted by atomic mass is 35.5. The molecule has 1 N–H and O–H groups in total. The molecule has 0 fully saturated rings. The molecule has 0 aromatic heterocycles. The van der Waals surface area contributed by atoms with Gasteiger partial charge in [-0.1, -0.05) is 127 Å². The van der Waals surface area contributed by atoms with Gasteiger partial charge < -0.3 is 14.0 Å².